The van der Waals surface area contributed by atoms with Gasteiger partial charge in [0.25, 0.3) is 23.4 Å². The highest BCUT2D eigenvalue weighted by atomic mass is 19.4. The van der Waals surface area contributed by atoms with Gasteiger partial charge in [-0.25, -0.2) is 0 Å². The Hall–Kier alpha value is -8.49. The smallest absolute Gasteiger partial charge is 0.418 e. The van der Waals surface area contributed by atoms with E-state index in [1.807, 2.05) is 4.90 Å². The van der Waals surface area contributed by atoms with Crippen molar-refractivity contribution in [3.05, 3.63) is 165 Å². The maximum atomic E-state index is 13.5. The Morgan fingerprint density at radius 1 is 0.455 bits per heavy atom. The van der Waals surface area contributed by atoms with Crippen LogP contribution >= 0.6 is 0 Å². The zero-order valence-electron chi connectivity index (χ0n) is 42.4. The number of nitro benzene ring substituents is 1. The van der Waals surface area contributed by atoms with Crippen molar-refractivity contribution in [2.24, 2.45) is 0 Å². The number of hydrogen-bond donors (Lipinski definition) is 3. The Bertz CT molecular complexity index is 3050. The molecule has 0 spiro atoms. The summed E-state index contributed by atoms with van der Waals surface area (Å²) in [6.45, 7) is 3.99. The molecule has 0 aliphatic carbocycles. The molecule has 0 saturated carbocycles. The second-order valence-corrected chi connectivity index (χ2v) is 18.1. The van der Waals surface area contributed by atoms with Crippen LogP contribution in [0, 0.1) is 10.1 Å². The molecule has 3 aliphatic heterocycles. The van der Waals surface area contributed by atoms with Gasteiger partial charge in [0.15, 0.2) is 0 Å². The summed E-state index contributed by atoms with van der Waals surface area (Å²) in [5.41, 5.74) is 0.863. The highest BCUT2D eigenvalue weighted by Crippen LogP contribution is 2.40. The number of anilines is 6. The molecule has 0 bridgehead atoms. The van der Waals surface area contributed by atoms with Crippen molar-refractivity contribution in [1.82, 2.24) is 0 Å². The van der Waals surface area contributed by atoms with Crippen molar-refractivity contribution >= 4 is 57.5 Å². The van der Waals surface area contributed by atoms with Crippen LogP contribution < -0.4 is 44.9 Å². The molecule has 15 nitrogen and oxygen atoms in total. The van der Waals surface area contributed by atoms with Gasteiger partial charge in [-0.2, -0.15) is 26.3 Å². The highest BCUT2D eigenvalue weighted by Gasteiger charge is 2.38. The third kappa shape index (κ3) is 14.9. The molecule has 3 saturated heterocycles. The Kier molecular flexibility index (Phi) is 18.5. The summed E-state index contributed by atoms with van der Waals surface area (Å²) in [6, 6.07) is 32.3. The van der Waals surface area contributed by atoms with E-state index in [0.29, 0.717) is 66.2 Å². The summed E-state index contributed by atoms with van der Waals surface area (Å²) in [4.78, 5) is 53.7. The quantitative estimate of drug-likeness (QED) is 0.0572. The molecule has 3 aliphatic rings. The number of amides is 3. The number of alkyl halides is 6. The van der Waals surface area contributed by atoms with E-state index in [1.165, 1.54) is 44.6 Å². The molecule has 0 unspecified atom stereocenters. The van der Waals surface area contributed by atoms with Gasteiger partial charge in [0.05, 0.1) is 37.4 Å². The van der Waals surface area contributed by atoms with Crippen LogP contribution in [0.4, 0.5) is 66.2 Å². The number of rotatable bonds is 13. The molecule has 0 radical (unpaired) electrons. The molecule has 0 atom stereocenters. The maximum Gasteiger partial charge on any atom is 0.418 e. The predicted molar refractivity (Wildman–Crippen MR) is 283 cm³/mol. The van der Waals surface area contributed by atoms with Crippen LogP contribution in [0.25, 0.3) is 0 Å². The van der Waals surface area contributed by atoms with Crippen LogP contribution in [0.5, 0.6) is 17.2 Å². The highest BCUT2D eigenvalue weighted by molar-refractivity contribution is 6.06. The van der Waals surface area contributed by atoms with Crippen LogP contribution in [0.3, 0.4) is 0 Å². The number of ether oxygens (including phenoxy) is 3. The van der Waals surface area contributed by atoms with Crippen molar-refractivity contribution in [2.75, 3.05) is 91.2 Å². The van der Waals surface area contributed by atoms with Gasteiger partial charge in [0.2, 0.25) is 0 Å². The van der Waals surface area contributed by atoms with Crippen LogP contribution in [0.2, 0.25) is 0 Å². The summed E-state index contributed by atoms with van der Waals surface area (Å²) < 4.78 is 95.8. The zero-order chi connectivity index (χ0) is 55.3. The van der Waals surface area contributed by atoms with E-state index in [2.05, 4.69) is 16.0 Å². The van der Waals surface area contributed by atoms with Crippen molar-refractivity contribution in [3.8, 4) is 17.2 Å². The minimum Gasteiger partial charge on any atom is -0.497 e. The molecule has 77 heavy (non-hydrogen) atoms. The molecule has 3 N–H and O–H groups in total. The Labute approximate surface area is 440 Å². The van der Waals surface area contributed by atoms with Crippen molar-refractivity contribution in [3.63, 3.8) is 0 Å². The van der Waals surface area contributed by atoms with Crippen LogP contribution in [0.15, 0.2) is 127 Å². The predicted octanol–water partition coefficient (Wildman–Crippen LogP) is 12.6. The molecular formula is C56H57F6N7O8. The van der Waals surface area contributed by atoms with Crippen LogP contribution in [-0.4, -0.2) is 83.2 Å². The Morgan fingerprint density at radius 3 is 1.10 bits per heavy atom. The molecule has 0 aromatic heterocycles. The molecule has 406 valence electrons. The lowest BCUT2D eigenvalue weighted by Gasteiger charge is -2.35. The van der Waals surface area contributed by atoms with Gasteiger partial charge in [0, 0.05) is 109 Å². The van der Waals surface area contributed by atoms with E-state index in [1.54, 1.807) is 102 Å². The Balaban J connectivity index is 0.000000168. The van der Waals surface area contributed by atoms with Crippen molar-refractivity contribution < 1.29 is 59.9 Å². The maximum absolute atomic E-state index is 13.5. The standard InChI is InChI=1S/C19H19F3N2O2.C19H21N3O4.C18H17F3N2O2/c1-26-15-6-4-5-14(12-15)23-18(25)13-7-8-17(24-9-2-3-10-24)16(11-13)19(20,21)22;1-26-16-7-5-6-15(13-16)20-19(23)14-8-9-17(18(12-14)22(24)25)21-10-3-2-4-11-21;1-25-14-5-2-4-13(11-14)22-17(24)12-6-7-16(23-8-3-9-23)15(10-12)18(19,20)21/h4-8,11-12H,2-3,9-10H2,1H3,(H,23,25);5-9,12-13H,2-4,10-11H2,1H3,(H,20,23);2,4-7,10-11H,3,8-9H2,1H3,(H,22,24). The van der Waals surface area contributed by atoms with E-state index in [4.69, 9.17) is 14.2 Å². The van der Waals surface area contributed by atoms with Gasteiger partial charge < -0.3 is 44.9 Å². The number of nitrogens with zero attached hydrogens (tertiary/aromatic N) is 4. The van der Waals surface area contributed by atoms with Crippen LogP contribution in [-0.2, 0) is 12.4 Å². The van der Waals surface area contributed by atoms with Crippen molar-refractivity contribution in [2.45, 2.75) is 50.9 Å². The molecule has 6 aromatic carbocycles. The van der Waals surface area contributed by atoms with Gasteiger partial charge in [-0.1, -0.05) is 18.2 Å². The van der Waals surface area contributed by atoms with Gasteiger partial charge in [0.1, 0.15) is 22.9 Å². The number of hydrogen-bond acceptors (Lipinski definition) is 11. The van der Waals surface area contributed by atoms with Gasteiger partial charge in [-0.15, -0.1) is 0 Å². The number of nitrogens with one attached hydrogen (secondary N) is 3. The van der Waals surface area contributed by atoms with Crippen LogP contribution in [0.1, 0.15) is 80.7 Å². The second-order valence-electron chi connectivity index (χ2n) is 18.1. The SMILES string of the molecule is COc1cccc(NC(=O)c2ccc(N3CCC3)c(C(F)(F)F)c2)c1.COc1cccc(NC(=O)c2ccc(N3CCCC3)c(C(F)(F)F)c2)c1.COc1cccc(NC(=O)c2ccc(N3CCCCC3)c([N+](=O)[O-])c2)c1. The summed E-state index contributed by atoms with van der Waals surface area (Å²) in [5, 5.41) is 19.4. The second kappa shape index (κ2) is 25.4. The molecular weight excluding hydrogens is 1010 g/mol. The average molecular weight is 1070 g/mol. The lowest BCUT2D eigenvalue weighted by Crippen LogP contribution is -2.38. The fourth-order valence-corrected chi connectivity index (χ4v) is 8.80. The van der Waals surface area contributed by atoms with E-state index >= 15 is 0 Å². The summed E-state index contributed by atoms with van der Waals surface area (Å²) >= 11 is 0. The van der Waals surface area contributed by atoms with E-state index in [9.17, 15) is 50.8 Å². The number of methoxy groups -OCH3 is 3. The molecule has 3 fully saturated rings. The normalized spacial score (nSPS) is 14.1. The van der Waals surface area contributed by atoms with Gasteiger partial charge >= 0.3 is 12.4 Å². The van der Waals surface area contributed by atoms with Crippen molar-refractivity contribution in [1.29, 1.82) is 0 Å². The minimum absolute atomic E-state index is 0.0369. The van der Waals surface area contributed by atoms with Gasteiger partial charge in [-0.3, -0.25) is 24.5 Å². The number of carbonyl (C=O) groups excluding carboxylic acids is 3. The molecule has 3 heterocycles. The number of carbonyl (C=O) groups is 3. The third-order valence-electron chi connectivity index (χ3n) is 12.9. The fraction of sp³-hybridized carbons (Fsp3) is 0.304. The lowest BCUT2D eigenvalue weighted by molar-refractivity contribution is -0.384. The molecule has 3 amide bonds. The minimum atomic E-state index is -4.52. The first-order valence-corrected chi connectivity index (χ1v) is 24.7. The monoisotopic (exact) mass is 1070 g/mol. The number of benzene rings is 6. The molecule has 21 heteroatoms. The number of piperidine rings is 1. The largest absolute Gasteiger partial charge is 0.497 e. The lowest BCUT2D eigenvalue weighted by atomic mass is 10.0. The van der Waals surface area contributed by atoms with Gasteiger partial charge in [-0.05, 0) is 123 Å². The summed E-state index contributed by atoms with van der Waals surface area (Å²) in [6.07, 6.45) is -3.24. The number of nitro groups is 1. The molecule has 6 aromatic rings. The topological polar surface area (TPSA) is 168 Å². The summed E-state index contributed by atoms with van der Waals surface area (Å²) in [7, 11) is 4.53. The average Bonchev–Trinajstić information content (AvgIpc) is 3.96. The fourth-order valence-electron chi connectivity index (χ4n) is 8.80. The third-order valence-corrected chi connectivity index (χ3v) is 12.9. The zero-order valence-corrected chi connectivity index (χ0v) is 42.4. The van der Waals surface area contributed by atoms with E-state index in [-0.39, 0.29) is 33.8 Å². The first kappa shape index (κ1) is 56.2. The first-order chi connectivity index (χ1) is 36.8. The summed E-state index contributed by atoms with van der Waals surface area (Å²) in [5.74, 6) is 0.108. The molecule has 9 rings (SSSR count). The van der Waals surface area contributed by atoms with E-state index in [0.717, 1.165) is 63.7 Å². The first-order valence-electron chi connectivity index (χ1n) is 24.7. The Morgan fingerprint density at radius 2 is 0.779 bits per heavy atom. The number of halogens is 6. The van der Waals surface area contributed by atoms with E-state index < -0.39 is 46.1 Å².